The third-order valence-electron chi connectivity index (χ3n) is 4.61. The number of thiophene rings is 1. The minimum atomic E-state index is 0.0153. The molecule has 7 heteroatoms. The van der Waals surface area contributed by atoms with Gasteiger partial charge in [-0.2, -0.15) is 0 Å². The highest BCUT2D eigenvalue weighted by molar-refractivity contribution is 7.14. The van der Waals surface area contributed by atoms with Crippen LogP contribution in [0.4, 0.5) is 0 Å². The zero-order valence-corrected chi connectivity index (χ0v) is 15.0. The monoisotopic (exact) mass is 351 g/mol. The van der Waals surface area contributed by atoms with Crippen LogP contribution in [0.5, 0.6) is 0 Å². The fourth-order valence-electron chi connectivity index (χ4n) is 3.25. The maximum atomic E-state index is 12.6. The van der Waals surface area contributed by atoms with Gasteiger partial charge in [-0.25, -0.2) is 0 Å². The molecule has 0 saturated carbocycles. The first kappa shape index (κ1) is 17.4. The second kappa shape index (κ2) is 8.09. The van der Waals surface area contributed by atoms with Crippen LogP contribution in [0.1, 0.15) is 26.5 Å². The lowest BCUT2D eigenvalue weighted by atomic mass is 10.2. The number of ether oxygens (including phenoxy) is 1. The molecule has 2 heterocycles. The average molecular weight is 351 g/mol. The van der Waals surface area contributed by atoms with Gasteiger partial charge >= 0.3 is 0 Å². The van der Waals surface area contributed by atoms with E-state index in [1.165, 1.54) is 16.9 Å². The van der Waals surface area contributed by atoms with Crippen molar-refractivity contribution in [1.29, 1.82) is 0 Å². The summed E-state index contributed by atoms with van der Waals surface area (Å²) in [6.45, 7) is 4.32. The third kappa shape index (κ3) is 4.15. The average Bonchev–Trinajstić information content (AvgIpc) is 3.17. The van der Waals surface area contributed by atoms with Gasteiger partial charge in [0.2, 0.25) is 5.91 Å². The van der Waals surface area contributed by atoms with Crippen LogP contribution in [-0.2, 0) is 22.4 Å². The van der Waals surface area contributed by atoms with E-state index in [0.717, 1.165) is 30.8 Å². The smallest absolute Gasteiger partial charge is 0.264 e. The molecule has 132 valence electrons. The lowest BCUT2D eigenvalue weighted by Gasteiger charge is -2.34. The van der Waals surface area contributed by atoms with Gasteiger partial charge in [-0.15, -0.1) is 11.3 Å². The van der Waals surface area contributed by atoms with Crippen LogP contribution in [0.15, 0.2) is 6.07 Å². The number of nitrogens with one attached hydrogen (secondary N) is 1. The van der Waals surface area contributed by atoms with Gasteiger partial charge in [0, 0.05) is 44.7 Å². The van der Waals surface area contributed by atoms with Gasteiger partial charge in [0.05, 0.1) is 18.0 Å². The molecule has 1 saturated heterocycles. The Morgan fingerprint density at radius 1 is 1.25 bits per heavy atom. The number of aryl methyl sites for hydroxylation is 2. The molecule has 24 heavy (non-hydrogen) atoms. The number of fused-ring (bicyclic) bond motifs is 1. The number of amides is 2. The van der Waals surface area contributed by atoms with E-state index in [1.807, 2.05) is 4.90 Å². The highest BCUT2D eigenvalue weighted by Crippen LogP contribution is 2.31. The Morgan fingerprint density at radius 2 is 2.04 bits per heavy atom. The van der Waals surface area contributed by atoms with Crippen molar-refractivity contribution in [2.24, 2.45) is 0 Å². The quantitative estimate of drug-likeness (QED) is 0.769. The minimum Gasteiger partial charge on any atom is -0.383 e. The summed E-state index contributed by atoms with van der Waals surface area (Å²) in [7, 11) is 1.62. The summed E-state index contributed by atoms with van der Waals surface area (Å²) in [5.74, 6) is 0.167. The molecule has 0 aromatic carbocycles. The standard InChI is InChI=1S/C17H25N3O3S/c1-23-10-5-18-16(21)12-19-6-8-20(9-7-19)17(22)15-11-13-3-2-4-14(13)24-15/h11H,2-10,12H2,1H3,(H,18,21). The summed E-state index contributed by atoms with van der Waals surface area (Å²) in [5.41, 5.74) is 1.37. The molecule has 0 bridgehead atoms. The summed E-state index contributed by atoms with van der Waals surface area (Å²) in [6.07, 6.45) is 3.46. The molecule has 1 aromatic heterocycles. The summed E-state index contributed by atoms with van der Waals surface area (Å²) >= 11 is 1.67. The first-order chi connectivity index (χ1) is 11.7. The lowest BCUT2D eigenvalue weighted by Crippen LogP contribution is -2.51. The van der Waals surface area contributed by atoms with E-state index in [1.54, 1.807) is 18.4 Å². The molecule has 0 radical (unpaired) electrons. The molecule has 2 amide bonds. The number of hydrogen-bond acceptors (Lipinski definition) is 5. The van der Waals surface area contributed by atoms with Crippen LogP contribution >= 0.6 is 11.3 Å². The number of methoxy groups -OCH3 is 1. The lowest BCUT2D eigenvalue weighted by molar-refractivity contribution is -0.122. The number of carbonyl (C=O) groups excluding carboxylic acids is 2. The summed E-state index contributed by atoms with van der Waals surface area (Å²) < 4.78 is 4.92. The maximum Gasteiger partial charge on any atom is 0.264 e. The van der Waals surface area contributed by atoms with Crippen LogP contribution in [0, 0.1) is 0 Å². The van der Waals surface area contributed by atoms with Gasteiger partial charge in [0.1, 0.15) is 0 Å². The highest BCUT2D eigenvalue weighted by Gasteiger charge is 2.26. The van der Waals surface area contributed by atoms with E-state index in [-0.39, 0.29) is 11.8 Å². The van der Waals surface area contributed by atoms with Gasteiger partial charge in [0.15, 0.2) is 0 Å². The van der Waals surface area contributed by atoms with Crippen LogP contribution in [0.25, 0.3) is 0 Å². The molecular weight excluding hydrogens is 326 g/mol. The summed E-state index contributed by atoms with van der Waals surface area (Å²) in [5, 5.41) is 2.83. The molecule has 0 atom stereocenters. The molecule has 6 nitrogen and oxygen atoms in total. The van der Waals surface area contributed by atoms with Crippen molar-refractivity contribution in [3.8, 4) is 0 Å². The van der Waals surface area contributed by atoms with E-state index in [2.05, 4.69) is 16.3 Å². The number of piperazine rings is 1. The molecular formula is C17H25N3O3S. The Morgan fingerprint density at radius 3 is 2.75 bits per heavy atom. The third-order valence-corrected chi connectivity index (χ3v) is 5.84. The highest BCUT2D eigenvalue weighted by atomic mass is 32.1. The molecule has 1 aliphatic carbocycles. The van der Waals surface area contributed by atoms with Crippen molar-refractivity contribution in [2.45, 2.75) is 19.3 Å². The van der Waals surface area contributed by atoms with Gasteiger partial charge < -0.3 is 15.0 Å². The fourth-order valence-corrected chi connectivity index (χ4v) is 4.47. The van der Waals surface area contributed by atoms with Crippen LogP contribution < -0.4 is 5.32 Å². The molecule has 0 spiro atoms. The van der Waals surface area contributed by atoms with Crippen molar-refractivity contribution in [2.75, 3.05) is 53.0 Å². The van der Waals surface area contributed by atoms with Crippen LogP contribution in [0.2, 0.25) is 0 Å². The topological polar surface area (TPSA) is 61.9 Å². The van der Waals surface area contributed by atoms with Crippen LogP contribution in [-0.4, -0.2) is 74.6 Å². The van der Waals surface area contributed by atoms with E-state index in [0.29, 0.717) is 32.8 Å². The molecule has 1 aliphatic heterocycles. The van der Waals surface area contributed by atoms with Crippen molar-refractivity contribution >= 4 is 23.2 Å². The zero-order chi connectivity index (χ0) is 16.9. The molecule has 3 rings (SSSR count). The molecule has 2 aliphatic rings. The van der Waals surface area contributed by atoms with E-state index < -0.39 is 0 Å². The van der Waals surface area contributed by atoms with E-state index >= 15 is 0 Å². The van der Waals surface area contributed by atoms with Crippen molar-refractivity contribution < 1.29 is 14.3 Å². The molecule has 1 fully saturated rings. The summed E-state index contributed by atoms with van der Waals surface area (Å²) in [6, 6.07) is 2.09. The Hall–Kier alpha value is -1.44. The molecule has 0 unspecified atom stereocenters. The Kier molecular flexibility index (Phi) is 5.86. The largest absolute Gasteiger partial charge is 0.383 e. The zero-order valence-electron chi connectivity index (χ0n) is 14.2. The molecule has 1 N–H and O–H groups in total. The number of hydrogen-bond donors (Lipinski definition) is 1. The normalized spacial score (nSPS) is 17.8. The minimum absolute atomic E-state index is 0.0153. The van der Waals surface area contributed by atoms with Gasteiger partial charge in [-0.05, 0) is 30.9 Å². The predicted molar refractivity (Wildman–Crippen MR) is 93.6 cm³/mol. The Bertz CT molecular complexity index is 572. The van der Waals surface area contributed by atoms with Gasteiger partial charge in [0.25, 0.3) is 5.91 Å². The number of carbonyl (C=O) groups is 2. The maximum absolute atomic E-state index is 12.6. The Labute approximate surface area is 146 Å². The van der Waals surface area contributed by atoms with Crippen molar-refractivity contribution in [3.63, 3.8) is 0 Å². The first-order valence-electron chi connectivity index (χ1n) is 8.56. The van der Waals surface area contributed by atoms with Crippen LogP contribution in [0.3, 0.4) is 0 Å². The first-order valence-corrected chi connectivity index (χ1v) is 9.38. The van der Waals surface area contributed by atoms with E-state index in [9.17, 15) is 9.59 Å². The van der Waals surface area contributed by atoms with Gasteiger partial charge in [-0.1, -0.05) is 0 Å². The van der Waals surface area contributed by atoms with Gasteiger partial charge in [-0.3, -0.25) is 14.5 Å². The SMILES string of the molecule is COCCNC(=O)CN1CCN(C(=O)c2cc3c(s2)CCC3)CC1. The fraction of sp³-hybridized carbons (Fsp3) is 0.647. The van der Waals surface area contributed by atoms with Crippen molar-refractivity contribution in [1.82, 2.24) is 15.1 Å². The second-order valence-corrected chi connectivity index (χ2v) is 7.46. The van der Waals surface area contributed by atoms with E-state index in [4.69, 9.17) is 4.74 Å². The number of nitrogens with zero attached hydrogens (tertiary/aromatic N) is 2. The molecule has 1 aromatic rings. The number of rotatable bonds is 6. The predicted octanol–water partition coefficient (Wildman–Crippen LogP) is 0.757. The second-order valence-electron chi connectivity index (χ2n) is 6.32. The van der Waals surface area contributed by atoms with Crippen molar-refractivity contribution in [3.05, 3.63) is 21.4 Å². The summed E-state index contributed by atoms with van der Waals surface area (Å²) in [4.78, 5) is 30.7. The Balaban J connectivity index is 1.44.